The summed E-state index contributed by atoms with van der Waals surface area (Å²) >= 11 is 0. The highest BCUT2D eigenvalue weighted by Crippen LogP contribution is 2.37. The van der Waals surface area contributed by atoms with Crippen LogP contribution < -0.4 is 15.0 Å². The van der Waals surface area contributed by atoms with E-state index in [4.69, 9.17) is 9.47 Å². The number of aromatic nitrogens is 1. The third kappa shape index (κ3) is 2.62. The highest BCUT2D eigenvalue weighted by Gasteiger charge is 2.17. The molecular weight excluding hydrogens is 323 g/mol. The van der Waals surface area contributed by atoms with Gasteiger partial charge in [-0.15, -0.1) is 0 Å². The molecule has 0 fully saturated rings. The number of rotatable bonds is 2. The first-order valence-electron chi connectivity index (χ1n) is 7.49. The molecule has 3 aromatic rings. The van der Waals surface area contributed by atoms with Gasteiger partial charge < -0.3 is 14.5 Å². The third-order valence-corrected chi connectivity index (χ3v) is 3.98. The van der Waals surface area contributed by atoms with Gasteiger partial charge in [-0.3, -0.25) is 4.79 Å². The zero-order chi connectivity index (χ0) is 17.4. The minimum absolute atomic E-state index is 0.00438. The van der Waals surface area contributed by atoms with Crippen LogP contribution in [0.1, 0.15) is 5.56 Å². The first kappa shape index (κ1) is 15.0. The Morgan fingerprint density at radius 2 is 1.72 bits per heavy atom. The van der Waals surface area contributed by atoms with Crippen LogP contribution in [-0.2, 0) is 0 Å². The Bertz CT molecular complexity index is 1070. The van der Waals surface area contributed by atoms with E-state index in [1.165, 1.54) is 12.1 Å². The average molecular weight is 334 g/mol. The maximum Gasteiger partial charge on any atom is 0.266 e. The molecule has 1 aromatic heterocycles. The zero-order valence-electron chi connectivity index (χ0n) is 12.9. The highest BCUT2D eigenvalue weighted by atomic mass is 19.1. The van der Waals surface area contributed by atoms with Crippen LogP contribution in [0.3, 0.4) is 0 Å². The van der Waals surface area contributed by atoms with Crippen molar-refractivity contribution in [3.8, 4) is 40.0 Å². The van der Waals surface area contributed by atoms with Gasteiger partial charge in [0.25, 0.3) is 5.56 Å². The molecule has 0 unspecified atom stereocenters. The molecule has 0 bridgehead atoms. The second kappa shape index (κ2) is 5.80. The molecule has 1 N–H and O–H groups in total. The fourth-order valence-corrected chi connectivity index (χ4v) is 2.75. The summed E-state index contributed by atoms with van der Waals surface area (Å²) in [7, 11) is 0. The van der Waals surface area contributed by atoms with E-state index in [2.05, 4.69) is 4.98 Å². The topological polar surface area (TPSA) is 75.1 Å². The van der Waals surface area contributed by atoms with Crippen LogP contribution in [0.25, 0.3) is 22.4 Å². The Balaban J connectivity index is 1.90. The van der Waals surface area contributed by atoms with Crippen molar-refractivity contribution in [3.63, 3.8) is 0 Å². The molecule has 5 nitrogen and oxygen atoms in total. The first-order chi connectivity index (χ1) is 12.2. The standard InChI is InChI=1S/C19H11FN2O3/c20-13-4-1-11(2-5-13)16-8-14(15(9-21)19(23)22-16)12-3-6-17-18(7-12)25-10-24-17/h1-8H,10H2,(H,22,23). The summed E-state index contributed by atoms with van der Waals surface area (Å²) in [6, 6.07) is 14.6. The van der Waals surface area contributed by atoms with Gasteiger partial charge in [0, 0.05) is 11.3 Å². The van der Waals surface area contributed by atoms with Crippen molar-refractivity contribution in [1.29, 1.82) is 5.26 Å². The van der Waals surface area contributed by atoms with Crippen molar-refractivity contribution in [2.45, 2.75) is 0 Å². The molecule has 0 spiro atoms. The van der Waals surface area contributed by atoms with Crippen molar-refractivity contribution < 1.29 is 13.9 Å². The maximum absolute atomic E-state index is 13.1. The van der Waals surface area contributed by atoms with Gasteiger partial charge in [-0.2, -0.15) is 5.26 Å². The number of benzene rings is 2. The minimum Gasteiger partial charge on any atom is -0.454 e. The number of H-pyrrole nitrogens is 1. The van der Waals surface area contributed by atoms with E-state index in [1.807, 2.05) is 6.07 Å². The van der Waals surface area contributed by atoms with Crippen molar-refractivity contribution >= 4 is 0 Å². The largest absolute Gasteiger partial charge is 0.454 e. The lowest BCUT2D eigenvalue weighted by atomic mass is 9.98. The summed E-state index contributed by atoms with van der Waals surface area (Å²) in [5.74, 6) is 0.812. The molecule has 6 heteroatoms. The molecule has 2 aromatic carbocycles. The first-order valence-corrected chi connectivity index (χ1v) is 7.49. The molecule has 1 aliphatic heterocycles. The lowest BCUT2D eigenvalue weighted by Gasteiger charge is -2.09. The van der Waals surface area contributed by atoms with Gasteiger partial charge in [0.15, 0.2) is 11.5 Å². The summed E-state index contributed by atoms with van der Waals surface area (Å²) < 4.78 is 23.8. The van der Waals surface area contributed by atoms with E-state index in [9.17, 15) is 14.4 Å². The van der Waals surface area contributed by atoms with E-state index < -0.39 is 5.56 Å². The predicted octanol–water partition coefficient (Wildman–Crippen LogP) is 3.45. The van der Waals surface area contributed by atoms with Gasteiger partial charge in [-0.25, -0.2) is 4.39 Å². The van der Waals surface area contributed by atoms with E-state index in [-0.39, 0.29) is 18.2 Å². The molecule has 0 saturated heterocycles. The SMILES string of the molecule is N#Cc1c(-c2ccc3c(c2)OCO3)cc(-c2ccc(F)cc2)[nH]c1=O. The fourth-order valence-electron chi connectivity index (χ4n) is 2.75. The molecule has 0 radical (unpaired) electrons. The summed E-state index contributed by atoms with van der Waals surface area (Å²) in [4.78, 5) is 15.0. The van der Waals surface area contributed by atoms with Gasteiger partial charge >= 0.3 is 0 Å². The average Bonchev–Trinajstić information content (AvgIpc) is 3.09. The second-order valence-electron chi connectivity index (χ2n) is 5.49. The number of pyridine rings is 1. The van der Waals surface area contributed by atoms with Crippen LogP contribution in [0.5, 0.6) is 11.5 Å². The number of hydrogen-bond donors (Lipinski definition) is 1. The van der Waals surface area contributed by atoms with E-state index in [0.29, 0.717) is 33.9 Å². The zero-order valence-corrected chi connectivity index (χ0v) is 12.9. The molecule has 0 saturated carbocycles. The molecule has 25 heavy (non-hydrogen) atoms. The number of hydrogen-bond acceptors (Lipinski definition) is 4. The molecule has 0 aliphatic carbocycles. The smallest absolute Gasteiger partial charge is 0.266 e. The Morgan fingerprint density at radius 1 is 1.00 bits per heavy atom. The van der Waals surface area contributed by atoms with Crippen molar-refractivity contribution in [3.05, 3.63) is 70.3 Å². The predicted molar refractivity (Wildman–Crippen MR) is 88.7 cm³/mol. The molecule has 2 heterocycles. The van der Waals surface area contributed by atoms with E-state index in [0.717, 1.165) is 0 Å². The van der Waals surface area contributed by atoms with Crippen LogP contribution >= 0.6 is 0 Å². The number of nitrogens with zero attached hydrogens (tertiary/aromatic N) is 1. The van der Waals surface area contributed by atoms with Crippen LogP contribution in [-0.4, -0.2) is 11.8 Å². The molecule has 4 rings (SSSR count). The fraction of sp³-hybridized carbons (Fsp3) is 0.0526. The Kier molecular flexibility index (Phi) is 3.47. The summed E-state index contributed by atoms with van der Waals surface area (Å²) in [6.07, 6.45) is 0. The monoisotopic (exact) mass is 334 g/mol. The molecule has 0 amide bonds. The number of nitriles is 1. The van der Waals surface area contributed by atoms with Gasteiger partial charge in [0.1, 0.15) is 17.4 Å². The van der Waals surface area contributed by atoms with Crippen molar-refractivity contribution in [2.75, 3.05) is 6.79 Å². The van der Waals surface area contributed by atoms with Gasteiger partial charge in [0.2, 0.25) is 6.79 Å². The molecule has 0 atom stereocenters. The van der Waals surface area contributed by atoms with E-state index >= 15 is 0 Å². The van der Waals surface area contributed by atoms with Crippen LogP contribution in [0, 0.1) is 17.1 Å². The summed E-state index contributed by atoms with van der Waals surface area (Å²) in [5.41, 5.74) is 1.78. The summed E-state index contributed by atoms with van der Waals surface area (Å²) in [6.45, 7) is 0.139. The number of aromatic amines is 1. The van der Waals surface area contributed by atoms with Crippen molar-refractivity contribution in [2.24, 2.45) is 0 Å². The van der Waals surface area contributed by atoms with Gasteiger partial charge in [0.05, 0.1) is 0 Å². The number of fused-ring (bicyclic) bond motifs is 1. The van der Waals surface area contributed by atoms with Gasteiger partial charge in [-0.1, -0.05) is 6.07 Å². The minimum atomic E-state index is -0.503. The van der Waals surface area contributed by atoms with Crippen LogP contribution in [0.4, 0.5) is 4.39 Å². The number of halogens is 1. The van der Waals surface area contributed by atoms with Crippen LogP contribution in [0.15, 0.2) is 53.3 Å². The normalized spacial score (nSPS) is 12.0. The number of nitrogens with one attached hydrogen (secondary N) is 1. The Hall–Kier alpha value is -3.59. The third-order valence-electron chi connectivity index (χ3n) is 3.98. The van der Waals surface area contributed by atoms with Crippen LogP contribution in [0.2, 0.25) is 0 Å². The second-order valence-corrected chi connectivity index (χ2v) is 5.49. The quantitative estimate of drug-likeness (QED) is 0.779. The molecule has 1 aliphatic rings. The Morgan fingerprint density at radius 3 is 2.48 bits per heavy atom. The summed E-state index contributed by atoms with van der Waals surface area (Å²) in [5, 5.41) is 9.38. The lowest BCUT2D eigenvalue weighted by molar-refractivity contribution is 0.174. The van der Waals surface area contributed by atoms with Crippen molar-refractivity contribution in [1.82, 2.24) is 4.98 Å². The highest BCUT2D eigenvalue weighted by molar-refractivity contribution is 5.76. The van der Waals surface area contributed by atoms with Gasteiger partial charge in [-0.05, 0) is 53.6 Å². The lowest BCUT2D eigenvalue weighted by Crippen LogP contribution is -2.12. The molecule has 122 valence electrons. The number of ether oxygens (including phenoxy) is 2. The molecular formula is C19H11FN2O3. The van der Waals surface area contributed by atoms with E-state index in [1.54, 1.807) is 36.4 Å². The maximum atomic E-state index is 13.1. The Labute approximate surface area is 141 Å².